The first-order valence-electron chi connectivity index (χ1n) is 12.8. The van der Waals surface area contributed by atoms with Gasteiger partial charge in [-0.25, -0.2) is 9.38 Å². The average molecular weight is 588 g/mol. The number of aromatic nitrogens is 3. The van der Waals surface area contributed by atoms with E-state index in [0.717, 1.165) is 36.1 Å². The van der Waals surface area contributed by atoms with Crippen molar-refractivity contribution in [2.45, 2.75) is 36.3 Å². The Kier molecular flexibility index (Phi) is 6.64. The molecule has 3 heterocycles. The van der Waals surface area contributed by atoms with Gasteiger partial charge < -0.3 is 10.6 Å². The molecule has 1 aliphatic carbocycles. The van der Waals surface area contributed by atoms with Gasteiger partial charge in [-0.3, -0.25) is 24.3 Å². The molecule has 1 saturated carbocycles. The molecule has 10 heteroatoms. The van der Waals surface area contributed by atoms with Gasteiger partial charge in [0.15, 0.2) is 0 Å². The topological polar surface area (TPSA) is 100 Å². The second kappa shape index (κ2) is 10.3. The number of anilines is 1. The number of para-hydroxylation sites is 1. The second-order valence-electron chi connectivity index (χ2n) is 9.81. The Balaban J connectivity index is 1.43. The SMILES string of the molecule is Cn1c(=O)c(=C(Nc2ccccc2)NC(Br)c2ccc(-c3ccc(F)cn3)cc2)c(=N)n2c1=NC1CCCC12. The van der Waals surface area contributed by atoms with E-state index in [9.17, 15) is 9.18 Å². The molecule has 0 spiro atoms. The van der Waals surface area contributed by atoms with E-state index >= 15 is 0 Å². The fourth-order valence-corrected chi connectivity index (χ4v) is 5.90. The van der Waals surface area contributed by atoms with E-state index < -0.39 is 0 Å². The molecule has 3 atom stereocenters. The van der Waals surface area contributed by atoms with Gasteiger partial charge in [0, 0.05) is 18.3 Å². The van der Waals surface area contributed by atoms with Crippen molar-refractivity contribution in [3.8, 4) is 11.3 Å². The van der Waals surface area contributed by atoms with Gasteiger partial charge in [0.05, 0.1) is 24.0 Å². The summed E-state index contributed by atoms with van der Waals surface area (Å²) in [6.07, 6.45) is 4.18. The van der Waals surface area contributed by atoms with E-state index in [1.54, 1.807) is 17.7 Å². The zero-order valence-electron chi connectivity index (χ0n) is 21.2. The van der Waals surface area contributed by atoms with E-state index in [1.807, 2.05) is 59.2 Å². The minimum atomic E-state index is -0.384. The Morgan fingerprint density at radius 3 is 2.59 bits per heavy atom. The highest BCUT2D eigenvalue weighted by molar-refractivity contribution is 9.09. The number of rotatable bonds is 6. The summed E-state index contributed by atoms with van der Waals surface area (Å²) in [6.45, 7) is 0. The first-order chi connectivity index (χ1) is 18.9. The normalized spacial score (nSPS) is 19.1. The molecule has 3 unspecified atom stereocenters. The zero-order chi connectivity index (χ0) is 27.1. The summed E-state index contributed by atoms with van der Waals surface area (Å²) < 4.78 is 16.7. The van der Waals surface area contributed by atoms with Crippen LogP contribution in [0.3, 0.4) is 0 Å². The van der Waals surface area contributed by atoms with Crippen LogP contribution < -0.4 is 32.5 Å². The number of nitrogens with zero attached hydrogens (tertiary/aromatic N) is 4. The van der Waals surface area contributed by atoms with Crippen LogP contribution in [0.2, 0.25) is 0 Å². The third-order valence-corrected chi connectivity index (χ3v) is 8.12. The first kappa shape index (κ1) is 25.2. The fraction of sp³-hybridized carbons (Fsp3) is 0.241. The van der Waals surface area contributed by atoms with Crippen LogP contribution >= 0.6 is 15.9 Å². The summed E-state index contributed by atoms with van der Waals surface area (Å²) >= 11 is 3.73. The van der Waals surface area contributed by atoms with Gasteiger partial charge in [0.2, 0.25) is 5.62 Å². The molecule has 2 aliphatic rings. The molecule has 0 radical (unpaired) electrons. The molecule has 2 aromatic heterocycles. The molecule has 0 amide bonds. The molecule has 2 aromatic carbocycles. The smallest absolute Gasteiger partial charge is 0.267 e. The van der Waals surface area contributed by atoms with Gasteiger partial charge >= 0.3 is 0 Å². The van der Waals surface area contributed by atoms with Crippen molar-refractivity contribution in [2.24, 2.45) is 12.0 Å². The van der Waals surface area contributed by atoms with E-state index in [2.05, 4.69) is 31.5 Å². The van der Waals surface area contributed by atoms with Crippen molar-refractivity contribution in [1.82, 2.24) is 19.4 Å². The van der Waals surface area contributed by atoms with Gasteiger partial charge in [0.1, 0.15) is 27.3 Å². The Bertz CT molecular complexity index is 1770. The van der Waals surface area contributed by atoms with E-state index in [-0.39, 0.29) is 39.1 Å². The van der Waals surface area contributed by atoms with Crippen LogP contribution in [0.4, 0.5) is 10.1 Å². The zero-order valence-corrected chi connectivity index (χ0v) is 22.8. The summed E-state index contributed by atoms with van der Waals surface area (Å²) in [7, 11) is 1.72. The molecule has 4 aromatic rings. The number of fused-ring (bicyclic) bond motifs is 3. The van der Waals surface area contributed by atoms with E-state index in [0.29, 0.717) is 17.1 Å². The maximum absolute atomic E-state index is 13.7. The lowest BCUT2D eigenvalue weighted by Crippen LogP contribution is -2.59. The van der Waals surface area contributed by atoms with Crippen molar-refractivity contribution in [3.05, 3.63) is 111 Å². The summed E-state index contributed by atoms with van der Waals surface area (Å²) in [6, 6.07) is 20.5. The van der Waals surface area contributed by atoms with Gasteiger partial charge in [-0.2, -0.15) is 0 Å². The molecule has 8 nitrogen and oxygen atoms in total. The Morgan fingerprint density at radius 2 is 1.87 bits per heavy atom. The number of hydrogen-bond donors (Lipinski definition) is 3. The summed E-state index contributed by atoms with van der Waals surface area (Å²) in [5, 5.41) is 16.1. The molecule has 198 valence electrons. The minimum absolute atomic E-state index is 0.100. The molecular formula is C29H27BrFN7O. The maximum Gasteiger partial charge on any atom is 0.267 e. The van der Waals surface area contributed by atoms with Crippen molar-refractivity contribution in [3.63, 3.8) is 0 Å². The van der Waals surface area contributed by atoms with Crippen molar-refractivity contribution in [2.75, 3.05) is 5.32 Å². The molecule has 39 heavy (non-hydrogen) atoms. The number of halogens is 2. The molecule has 6 rings (SSSR count). The monoisotopic (exact) mass is 587 g/mol. The Labute approximate surface area is 232 Å². The molecule has 0 bridgehead atoms. The van der Waals surface area contributed by atoms with E-state index in [4.69, 9.17) is 10.4 Å². The third kappa shape index (κ3) is 4.69. The number of pyridine rings is 1. The van der Waals surface area contributed by atoms with Crippen molar-refractivity contribution >= 4 is 27.4 Å². The van der Waals surface area contributed by atoms with Gasteiger partial charge in [-0.15, -0.1) is 0 Å². The van der Waals surface area contributed by atoms with Crippen LogP contribution in [-0.2, 0) is 7.05 Å². The van der Waals surface area contributed by atoms with Crippen LogP contribution in [0.25, 0.3) is 17.1 Å². The highest BCUT2D eigenvalue weighted by Gasteiger charge is 2.35. The molecule has 1 aliphatic heterocycles. The predicted octanol–water partition coefficient (Wildman–Crippen LogP) is 3.46. The number of benzene rings is 2. The lowest BCUT2D eigenvalue weighted by molar-refractivity contribution is 0.465. The van der Waals surface area contributed by atoms with Gasteiger partial charge in [0.25, 0.3) is 5.56 Å². The fourth-order valence-electron chi connectivity index (χ4n) is 5.37. The predicted molar refractivity (Wildman–Crippen MR) is 151 cm³/mol. The maximum atomic E-state index is 13.7. The first-order valence-corrected chi connectivity index (χ1v) is 13.7. The second-order valence-corrected chi connectivity index (χ2v) is 10.7. The Morgan fingerprint density at radius 1 is 1.10 bits per heavy atom. The molecule has 3 N–H and O–H groups in total. The van der Waals surface area contributed by atoms with Crippen molar-refractivity contribution < 1.29 is 4.39 Å². The van der Waals surface area contributed by atoms with Gasteiger partial charge in [-0.1, -0.05) is 58.4 Å². The lowest BCUT2D eigenvalue weighted by atomic mass is 10.1. The quantitative estimate of drug-likeness (QED) is 0.237. The highest BCUT2D eigenvalue weighted by Crippen LogP contribution is 2.32. The van der Waals surface area contributed by atoms with Gasteiger partial charge in [-0.05, 0) is 49.1 Å². The van der Waals surface area contributed by atoms with E-state index in [1.165, 1.54) is 12.3 Å². The Hall–Kier alpha value is -4.05. The lowest BCUT2D eigenvalue weighted by Gasteiger charge is -2.20. The summed E-state index contributed by atoms with van der Waals surface area (Å²) in [5.74, 6) is 0.0468. The largest absolute Gasteiger partial charge is 0.355 e. The number of alkyl halides is 1. The number of nitrogens with one attached hydrogen (secondary N) is 3. The summed E-state index contributed by atoms with van der Waals surface area (Å²) in [5.41, 5.74) is 3.63. The summed E-state index contributed by atoms with van der Waals surface area (Å²) in [4.78, 5) is 22.2. The highest BCUT2D eigenvalue weighted by atomic mass is 79.9. The minimum Gasteiger partial charge on any atom is -0.355 e. The van der Waals surface area contributed by atoms with Crippen LogP contribution in [-0.4, -0.2) is 20.2 Å². The number of hydrogen-bond acceptors (Lipinski definition) is 6. The van der Waals surface area contributed by atoms with Crippen LogP contribution in [0.5, 0.6) is 0 Å². The van der Waals surface area contributed by atoms with Crippen LogP contribution in [0.1, 0.15) is 35.8 Å². The third-order valence-electron chi connectivity index (χ3n) is 7.36. The molecule has 0 saturated heterocycles. The van der Waals surface area contributed by atoms with Crippen LogP contribution in [0.15, 0.2) is 82.7 Å². The standard InChI is InChI=1S/C29H27BrFN7O/c1-37-28(39)24(26(32)38-23-9-5-8-22(23)35-29(37)38)27(34-20-6-3-2-4-7-20)36-25(30)18-12-10-17(11-13-18)21-15-14-19(31)16-33-21/h2-4,6-7,10-16,22-23,25,32,34,36H,5,8-9H2,1H3. The average Bonchev–Trinajstić information content (AvgIpc) is 3.55. The molecular weight excluding hydrogens is 561 g/mol. The van der Waals surface area contributed by atoms with Crippen molar-refractivity contribution in [1.29, 1.82) is 5.41 Å². The molecule has 1 fully saturated rings. The van der Waals surface area contributed by atoms with Crippen LogP contribution in [0, 0.1) is 11.2 Å².